The third-order valence-electron chi connectivity index (χ3n) is 3.95. The lowest BCUT2D eigenvalue weighted by Gasteiger charge is -2.33. The van der Waals surface area contributed by atoms with Gasteiger partial charge < -0.3 is 14.7 Å². The molecule has 0 atom stereocenters. The van der Waals surface area contributed by atoms with Gasteiger partial charge in [0.1, 0.15) is 5.60 Å². The van der Waals surface area contributed by atoms with Crippen LogP contribution in [0.4, 0.5) is 4.79 Å². The minimum absolute atomic E-state index is 0.0240. The Labute approximate surface area is 132 Å². The summed E-state index contributed by atoms with van der Waals surface area (Å²) in [5.74, 6) is 0.366. The van der Waals surface area contributed by atoms with Gasteiger partial charge in [0, 0.05) is 30.4 Å². The number of hydrogen-bond donors (Lipinski definition) is 1. The Morgan fingerprint density at radius 3 is 2.50 bits per heavy atom. The Kier molecular flexibility index (Phi) is 5.06. The van der Waals surface area contributed by atoms with E-state index >= 15 is 0 Å². The Hall–Kier alpha value is -1.62. The largest absolute Gasteiger partial charge is 0.444 e. The topological polar surface area (TPSA) is 62.7 Å². The summed E-state index contributed by atoms with van der Waals surface area (Å²) in [6.07, 6.45) is 1.56. The lowest BCUT2D eigenvalue weighted by molar-refractivity contribution is 0.0204. The number of aromatic nitrogens is 1. The predicted molar refractivity (Wildman–Crippen MR) is 84.7 cm³/mol. The maximum atomic E-state index is 12.1. The SMILES string of the molecule is Cc1nc(C2CCN(C(=O)OC(C)(C)C)CC2)ccc1CO. The lowest BCUT2D eigenvalue weighted by atomic mass is 9.92. The minimum Gasteiger partial charge on any atom is -0.444 e. The molecule has 1 saturated heterocycles. The van der Waals surface area contributed by atoms with Crippen molar-refractivity contribution >= 4 is 6.09 Å². The van der Waals surface area contributed by atoms with Crippen molar-refractivity contribution in [2.24, 2.45) is 0 Å². The van der Waals surface area contributed by atoms with Crippen molar-refractivity contribution < 1.29 is 14.6 Å². The fourth-order valence-electron chi connectivity index (χ4n) is 2.69. The van der Waals surface area contributed by atoms with E-state index in [1.807, 2.05) is 39.8 Å². The van der Waals surface area contributed by atoms with Gasteiger partial charge in [-0.2, -0.15) is 0 Å². The van der Waals surface area contributed by atoms with E-state index in [9.17, 15) is 9.90 Å². The maximum absolute atomic E-state index is 12.1. The van der Waals surface area contributed by atoms with Gasteiger partial charge >= 0.3 is 6.09 Å². The van der Waals surface area contributed by atoms with E-state index in [2.05, 4.69) is 4.98 Å². The molecule has 5 nitrogen and oxygen atoms in total. The van der Waals surface area contributed by atoms with Crippen molar-refractivity contribution in [1.82, 2.24) is 9.88 Å². The molecule has 0 radical (unpaired) electrons. The first-order chi connectivity index (χ1) is 10.3. The first-order valence-corrected chi connectivity index (χ1v) is 7.85. The highest BCUT2D eigenvalue weighted by atomic mass is 16.6. The van der Waals surface area contributed by atoms with Gasteiger partial charge in [-0.3, -0.25) is 4.98 Å². The molecule has 5 heteroatoms. The molecular weight excluding hydrogens is 280 g/mol. The smallest absolute Gasteiger partial charge is 0.410 e. The number of ether oxygens (including phenoxy) is 1. The van der Waals surface area contributed by atoms with E-state index < -0.39 is 5.60 Å². The van der Waals surface area contributed by atoms with Crippen LogP contribution in [0.15, 0.2) is 12.1 Å². The molecule has 2 heterocycles. The molecule has 1 amide bonds. The third kappa shape index (κ3) is 4.19. The van der Waals surface area contributed by atoms with Crippen molar-refractivity contribution in [2.45, 2.75) is 58.7 Å². The second-order valence-electron chi connectivity index (χ2n) is 6.88. The molecule has 1 aromatic rings. The fraction of sp³-hybridized carbons (Fsp3) is 0.647. The van der Waals surface area contributed by atoms with Crippen LogP contribution in [-0.2, 0) is 11.3 Å². The molecule has 0 saturated carbocycles. The van der Waals surface area contributed by atoms with Gasteiger partial charge in [-0.05, 0) is 52.2 Å². The molecule has 2 rings (SSSR count). The van der Waals surface area contributed by atoms with Gasteiger partial charge in [0.05, 0.1) is 6.61 Å². The average molecular weight is 306 g/mol. The number of carbonyl (C=O) groups is 1. The zero-order valence-corrected chi connectivity index (χ0v) is 13.9. The summed E-state index contributed by atoms with van der Waals surface area (Å²) in [4.78, 5) is 18.4. The lowest BCUT2D eigenvalue weighted by Crippen LogP contribution is -2.41. The summed E-state index contributed by atoms with van der Waals surface area (Å²) in [5, 5.41) is 9.21. The molecule has 0 spiro atoms. The Balaban J connectivity index is 1.94. The van der Waals surface area contributed by atoms with Gasteiger partial charge in [0.2, 0.25) is 0 Å². The zero-order chi connectivity index (χ0) is 16.3. The molecule has 1 N–H and O–H groups in total. The molecule has 0 aliphatic carbocycles. The van der Waals surface area contributed by atoms with E-state index in [1.54, 1.807) is 4.90 Å². The number of piperidine rings is 1. The predicted octanol–water partition coefficient (Wildman–Crippen LogP) is 3.00. The number of carbonyl (C=O) groups excluding carboxylic acids is 1. The van der Waals surface area contributed by atoms with Crippen molar-refractivity contribution in [1.29, 1.82) is 0 Å². The Morgan fingerprint density at radius 1 is 1.36 bits per heavy atom. The highest BCUT2D eigenvalue weighted by Gasteiger charge is 2.28. The van der Waals surface area contributed by atoms with Crippen LogP contribution in [-0.4, -0.2) is 39.8 Å². The summed E-state index contributed by atoms with van der Waals surface area (Å²) in [6, 6.07) is 3.93. The number of amides is 1. The van der Waals surface area contributed by atoms with Gasteiger partial charge in [0.25, 0.3) is 0 Å². The summed E-state index contributed by atoms with van der Waals surface area (Å²) < 4.78 is 5.41. The van der Waals surface area contributed by atoms with E-state index in [-0.39, 0.29) is 12.7 Å². The monoisotopic (exact) mass is 306 g/mol. The number of pyridine rings is 1. The first-order valence-electron chi connectivity index (χ1n) is 7.85. The number of aliphatic hydroxyl groups excluding tert-OH is 1. The fourth-order valence-corrected chi connectivity index (χ4v) is 2.69. The average Bonchev–Trinajstić information content (AvgIpc) is 2.45. The number of hydrogen-bond acceptors (Lipinski definition) is 4. The van der Waals surface area contributed by atoms with Crippen molar-refractivity contribution in [3.05, 3.63) is 29.1 Å². The Bertz CT molecular complexity index is 529. The molecule has 1 fully saturated rings. The number of nitrogens with zero attached hydrogens (tertiary/aromatic N) is 2. The molecular formula is C17H26N2O3. The highest BCUT2D eigenvalue weighted by molar-refractivity contribution is 5.68. The van der Waals surface area contributed by atoms with E-state index in [1.165, 1.54) is 0 Å². The number of aryl methyl sites for hydroxylation is 1. The molecule has 1 aliphatic heterocycles. The van der Waals surface area contributed by atoms with Crippen LogP contribution >= 0.6 is 0 Å². The maximum Gasteiger partial charge on any atom is 0.410 e. The quantitative estimate of drug-likeness (QED) is 0.912. The normalized spacial score (nSPS) is 16.7. The molecule has 0 bridgehead atoms. The standard InChI is InChI=1S/C17H26N2O3/c1-12-14(11-20)5-6-15(18-12)13-7-9-19(10-8-13)16(21)22-17(2,3)4/h5-6,13,20H,7-11H2,1-4H3. The van der Waals surface area contributed by atoms with Crippen LogP contribution in [0.3, 0.4) is 0 Å². The molecule has 0 unspecified atom stereocenters. The number of rotatable bonds is 2. The minimum atomic E-state index is -0.452. The first kappa shape index (κ1) is 16.7. The zero-order valence-electron chi connectivity index (χ0n) is 13.9. The number of likely N-dealkylation sites (tertiary alicyclic amines) is 1. The van der Waals surface area contributed by atoms with Crippen LogP contribution in [0.25, 0.3) is 0 Å². The van der Waals surface area contributed by atoms with Crippen LogP contribution < -0.4 is 0 Å². The molecule has 1 aromatic heterocycles. The summed E-state index contributed by atoms with van der Waals surface area (Å²) in [5.41, 5.74) is 2.36. The van der Waals surface area contributed by atoms with Gasteiger partial charge in [-0.15, -0.1) is 0 Å². The molecule has 1 aliphatic rings. The molecule has 22 heavy (non-hydrogen) atoms. The van der Waals surface area contributed by atoms with Crippen molar-refractivity contribution in [2.75, 3.05) is 13.1 Å². The van der Waals surface area contributed by atoms with Crippen LogP contribution in [0.1, 0.15) is 56.5 Å². The van der Waals surface area contributed by atoms with Gasteiger partial charge in [0.15, 0.2) is 0 Å². The molecule has 0 aromatic carbocycles. The van der Waals surface area contributed by atoms with E-state index in [0.29, 0.717) is 19.0 Å². The summed E-state index contributed by atoms with van der Waals surface area (Å²) >= 11 is 0. The number of aliphatic hydroxyl groups is 1. The van der Waals surface area contributed by atoms with Crippen molar-refractivity contribution in [3.8, 4) is 0 Å². The van der Waals surface area contributed by atoms with E-state index in [0.717, 1.165) is 29.8 Å². The third-order valence-corrected chi connectivity index (χ3v) is 3.95. The second kappa shape index (κ2) is 6.65. The highest BCUT2D eigenvalue weighted by Crippen LogP contribution is 2.28. The van der Waals surface area contributed by atoms with E-state index in [4.69, 9.17) is 4.74 Å². The van der Waals surface area contributed by atoms with Gasteiger partial charge in [-0.25, -0.2) is 4.79 Å². The van der Waals surface area contributed by atoms with Crippen LogP contribution in [0, 0.1) is 6.92 Å². The second-order valence-corrected chi connectivity index (χ2v) is 6.88. The van der Waals surface area contributed by atoms with Crippen molar-refractivity contribution in [3.63, 3.8) is 0 Å². The Morgan fingerprint density at radius 2 is 2.00 bits per heavy atom. The summed E-state index contributed by atoms with van der Waals surface area (Å²) in [6.45, 7) is 8.98. The van der Waals surface area contributed by atoms with Gasteiger partial charge in [-0.1, -0.05) is 6.07 Å². The molecule has 122 valence electrons. The summed E-state index contributed by atoms with van der Waals surface area (Å²) in [7, 11) is 0. The van der Waals surface area contributed by atoms with Crippen LogP contribution in [0.2, 0.25) is 0 Å². The van der Waals surface area contributed by atoms with Crippen LogP contribution in [0.5, 0.6) is 0 Å².